The molecule has 8 nitrogen and oxygen atoms in total. The molecular formula is C33H40FN3O5. The number of hydrogen-bond acceptors (Lipinski definition) is 5. The van der Waals surface area contributed by atoms with E-state index in [1.54, 1.807) is 30.5 Å². The lowest BCUT2D eigenvalue weighted by Gasteiger charge is -2.32. The van der Waals surface area contributed by atoms with E-state index in [2.05, 4.69) is 5.32 Å². The molecule has 4 rings (SSSR count). The lowest BCUT2D eigenvalue weighted by atomic mass is 9.91. The molecule has 2 unspecified atom stereocenters. The highest BCUT2D eigenvalue weighted by Gasteiger charge is 2.37. The van der Waals surface area contributed by atoms with Gasteiger partial charge in [-0.2, -0.15) is 0 Å². The van der Waals surface area contributed by atoms with Gasteiger partial charge in [-0.3, -0.25) is 19.3 Å². The van der Waals surface area contributed by atoms with Crippen LogP contribution < -0.4 is 10.9 Å². The summed E-state index contributed by atoms with van der Waals surface area (Å²) < 4.78 is 15.1. The molecule has 2 heterocycles. The Morgan fingerprint density at radius 3 is 2.40 bits per heavy atom. The molecule has 3 N–H and O–H groups in total. The Kier molecular flexibility index (Phi) is 9.64. The van der Waals surface area contributed by atoms with Gasteiger partial charge in [-0.15, -0.1) is 0 Å². The molecule has 42 heavy (non-hydrogen) atoms. The number of alkyl halides is 1. The second-order valence-corrected chi connectivity index (χ2v) is 11.8. The summed E-state index contributed by atoms with van der Waals surface area (Å²) in [6.45, 7) is 9.14. The normalized spacial score (nSPS) is 17.6. The molecule has 3 aromatic rings. The molecule has 1 fully saturated rings. The number of rotatable bonds is 11. The highest BCUT2D eigenvalue weighted by molar-refractivity contribution is 5.82. The van der Waals surface area contributed by atoms with E-state index < -0.39 is 41.8 Å². The molecule has 1 amide bonds. The first-order chi connectivity index (χ1) is 19.9. The molecule has 1 aliphatic rings. The number of carboxylic acid groups (broad SMARTS) is 1. The van der Waals surface area contributed by atoms with E-state index in [9.17, 15) is 29.0 Å². The number of carboxylic acids is 1. The van der Waals surface area contributed by atoms with Crippen LogP contribution in [0.5, 0.6) is 0 Å². The Hall–Kier alpha value is -3.82. The van der Waals surface area contributed by atoms with E-state index in [4.69, 9.17) is 0 Å². The number of aliphatic hydroxyl groups is 1. The molecule has 0 spiro atoms. The van der Waals surface area contributed by atoms with Crippen molar-refractivity contribution in [3.05, 3.63) is 93.4 Å². The van der Waals surface area contributed by atoms with E-state index in [0.29, 0.717) is 26.1 Å². The molecule has 1 saturated heterocycles. The summed E-state index contributed by atoms with van der Waals surface area (Å²) >= 11 is 0. The van der Waals surface area contributed by atoms with E-state index in [1.165, 1.54) is 10.6 Å². The molecule has 3 atom stereocenters. The van der Waals surface area contributed by atoms with E-state index in [0.717, 1.165) is 27.8 Å². The lowest BCUT2D eigenvalue weighted by Crippen LogP contribution is -2.50. The fourth-order valence-electron chi connectivity index (χ4n) is 5.79. The zero-order valence-corrected chi connectivity index (χ0v) is 24.6. The van der Waals surface area contributed by atoms with Crippen LogP contribution in [0.2, 0.25) is 0 Å². The summed E-state index contributed by atoms with van der Waals surface area (Å²) in [4.78, 5) is 40.8. The predicted molar refractivity (Wildman–Crippen MR) is 160 cm³/mol. The van der Waals surface area contributed by atoms with Gasteiger partial charge in [0.2, 0.25) is 5.91 Å². The third kappa shape index (κ3) is 7.33. The maximum absolute atomic E-state index is 13.9. The molecule has 2 aromatic carbocycles. The Labute approximate surface area is 245 Å². The number of aromatic nitrogens is 1. The number of halogens is 1. The van der Waals surface area contributed by atoms with Crippen molar-refractivity contribution < 1.29 is 24.2 Å². The van der Waals surface area contributed by atoms with Gasteiger partial charge in [-0.1, -0.05) is 56.3 Å². The summed E-state index contributed by atoms with van der Waals surface area (Å²) in [6, 6.07) is 14.8. The van der Waals surface area contributed by atoms with E-state index in [1.807, 2.05) is 56.9 Å². The summed E-state index contributed by atoms with van der Waals surface area (Å²) in [5.74, 6) is -1.97. The van der Waals surface area contributed by atoms with Crippen molar-refractivity contribution in [2.75, 3.05) is 13.1 Å². The quantitative estimate of drug-likeness (QED) is 0.285. The van der Waals surface area contributed by atoms with Gasteiger partial charge in [0.25, 0.3) is 5.56 Å². The molecule has 224 valence electrons. The van der Waals surface area contributed by atoms with Crippen LogP contribution in [0, 0.1) is 19.8 Å². The summed E-state index contributed by atoms with van der Waals surface area (Å²) in [6.07, 6.45) is 0.688. The molecule has 1 aromatic heterocycles. The van der Waals surface area contributed by atoms with Gasteiger partial charge < -0.3 is 20.1 Å². The Balaban J connectivity index is 1.69. The van der Waals surface area contributed by atoms with E-state index >= 15 is 0 Å². The zero-order valence-electron chi connectivity index (χ0n) is 24.6. The standard InChI is InChI=1S/C33H40FN3O5/c1-21(2)15-28(37-19-24(11-12-29(37)38)18-36-14-13-27(34)20-36)32(41)35-33(42,17-30(39)40)26-10-6-9-25(16-26)31-22(3)7-5-8-23(31)4/h5-12,16,19,21,27-28,42H,13-15,17-18,20H2,1-4H3,(H,35,41)(H,39,40)/t27-,28?,33?/m1/s1. The fourth-order valence-corrected chi connectivity index (χ4v) is 5.79. The van der Waals surface area contributed by atoms with Crippen LogP contribution in [0.25, 0.3) is 11.1 Å². The third-order valence-corrected chi connectivity index (χ3v) is 7.80. The molecule has 0 saturated carbocycles. The first-order valence-corrected chi connectivity index (χ1v) is 14.4. The topological polar surface area (TPSA) is 112 Å². The van der Waals surface area contributed by atoms with Crippen molar-refractivity contribution in [2.45, 2.75) is 71.4 Å². The number of likely N-dealkylation sites (tertiary alicyclic amines) is 1. The van der Waals surface area contributed by atoms with Gasteiger partial charge in [0.15, 0.2) is 5.72 Å². The van der Waals surface area contributed by atoms with Crippen LogP contribution in [0.3, 0.4) is 0 Å². The minimum atomic E-state index is -2.24. The lowest BCUT2D eigenvalue weighted by molar-refractivity contribution is -0.148. The van der Waals surface area contributed by atoms with Crippen LogP contribution >= 0.6 is 0 Å². The number of carbonyl (C=O) groups excluding carboxylic acids is 1. The summed E-state index contributed by atoms with van der Waals surface area (Å²) in [5.41, 5.74) is 2.11. The Bertz CT molecular complexity index is 1480. The maximum Gasteiger partial charge on any atom is 0.308 e. The van der Waals surface area contributed by atoms with Crippen LogP contribution in [0.15, 0.2) is 65.6 Å². The Morgan fingerprint density at radius 2 is 1.79 bits per heavy atom. The third-order valence-electron chi connectivity index (χ3n) is 7.80. The second kappa shape index (κ2) is 13.0. The van der Waals surface area contributed by atoms with Crippen LogP contribution in [-0.2, 0) is 21.9 Å². The average Bonchev–Trinajstić information content (AvgIpc) is 3.32. The first-order valence-electron chi connectivity index (χ1n) is 14.4. The molecule has 0 radical (unpaired) electrons. The van der Waals surface area contributed by atoms with Crippen LogP contribution in [0.1, 0.15) is 61.4 Å². The molecular weight excluding hydrogens is 537 g/mol. The smallest absolute Gasteiger partial charge is 0.308 e. The van der Waals surface area contributed by atoms with Gasteiger partial charge in [0.05, 0.1) is 6.42 Å². The van der Waals surface area contributed by atoms with Crippen LogP contribution in [-0.4, -0.2) is 50.8 Å². The Morgan fingerprint density at radius 1 is 1.10 bits per heavy atom. The summed E-state index contributed by atoms with van der Waals surface area (Å²) in [5, 5.41) is 24.1. The number of benzene rings is 2. The maximum atomic E-state index is 13.9. The minimum absolute atomic E-state index is 0.00195. The summed E-state index contributed by atoms with van der Waals surface area (Å²) in [7, 11) is 0. The van der Waals surface area contributed by atoms with Gasteiger partial charge in [-0.05, 0) is 66.5 Å². The van der Waals surface area contributed by atoms with Gasteiger partial charge >= 0.3 is 5.97 Å². The van der Waals surface area contributed by atoms with Crippen molar-refractivity contribution >= 4 is 11.9 Å². The highest BCUT2D eigenvalue weighted by Crippen LogP contribution is 2.32. The van der Waals surface area contributed by atoms with Gasteiger partial charge in [0.1, 0.15) is 12.2 Å². The predicted octanol–water partition coefficient (Wildman–Crippen LogP) is 4.70. The molecule has 9 heteroatoms. The zero-order chi connectivity index (χ0) is 30.6. The number of pyridine rings is 1. The molecule has 1 aliphatic heterocycles. The van der Waals surface area contributed by atoms with E-state index in [-0.39, 0.29) is 17.9 Å². The minimum Gasteiger partial charge on any atom is -0.481 e. The number of aliphatic carboxylic acids is 1. The number of hydrogen-bond donors (Lipinski definition) is 3. The average molecular weight is 578 g/mol. The second-order valence-electron chi connectivity index (χ2n) is 11.8. The van der Waals surface area contributed by atoms with Crippen molar-refractivity contribution in [2.24, 2.45) is 5.92 Å². The number of carbonyl (C=O) groups is 2. The van der Waals surface area contributed by atoms with Crippen molar-refractivity contribution in [3.8, 4) is 11.1 Å². The van der Waals surface area contributed by atoms with Crippen molar-refractivity contribution in [1.29, 1.82) is 0 Å². The van der Waals surface area contributed by atoms with Gasteiger partial charge in [0, 0.05) is 37.5 Å². The van der Waals surface area contributed by atoms with Gasteiger partial charge in [-0.25, -0.2) is 4.39 Å². The first kappa shape index (κ1) is 31.1. The number of amides is 1. The number of nitrogens with zero attached hydrogens (tertiary/aromatic N) is 2. The SMILES string of the molecule is Cc1cccc(C)c1-c1cccc(C(O)(CC(=O)O)NC(=O)C(CC(C)C)n2cc(CN3CC[C@@H](F)C3)ccc2=O)c1. The van der Waals surface area contributed by atoms with Crippen LogP contribution in [0.4, 0.5) is 4.39 Å². The largest absolute Gasteiger partial charge is 0.481 e. The molecule has 0 bridgehead atoms. The van der Waals surface area contributed by atoms with Crippen molar-refractivity contribution in [3.63, 3.8) is 0 Å². The monoisotopic (exact) mass is 577 g/mol. The highest BCUT2D eigenvalue weighted by atomic mass is 19.1. The van der Waals surface area contributed by atoms with Crippen molar-refractivity contribution in [1.82, 2.24) is 14.8 Å². The number of aryl methyl sites for hydroxylation is 2. The fraction of sp³-hybridized carbons (Fsp3) is 0.424. The number of nitrogens with one attached hydrogen (secondary N) is 1. The molecule has 0 aliphatic carbocycles.